The largest absolute Gasteiger partial charge is 0.506 e. The van der Waals surface area contributed by atoms with Gasteiger partial charge in [-0.15, -0.1) is 0 Å². The van der Waals surface area contributed by atoms with E-state index in [9.17, 15) is 29.4 Å². The number of aromatic hydroxyl groups is 2. The molecule has 12 nitrogen and oxygen atoms in total. The van der Waals surface area contributed by atoms with Crippen LogP contribution in [0.1, 0.15) is 29.7 Å². The molecule has 0 aliphatic carbocycles. The second-order valence-corrected chi connectivity index (χ2v) is 11.6. The van der Waals surface area contributed by atoms with Crippen LogP contribution < -0.4 is 30.7 Å². The van der Waals surface area contributed by atoms with Crippen molar-refractivity contribution < 1.29 is 38.9 Å². The highest BCUT2D eigenvalue weighted by Crippen LogP contribution is 2.35. The van der Waals surface area contributed by atoms with Gasteiger partial charge < -0.3 is 31.2 Å². The second-order valence-electron chi connectivity index (χ2n) is 11.6. The minimum Gasteiger partial charge on any atom is -0.506 e. The molecule has 0 spiro atoms. The van der Waals surface area contributed by atoms with Crippen LogP contribution in [0.2, 0.25) is 0 Å². The third-order valence-electron chi connectivity index (χ3n) is 7.87. The lowest BCUT2D eigenvalue weighted by Gasteiger charge is -2.20. The molecule has 0 aromatic heterocycles. The third kappa shape index (κ3) is 9.18. The number of carbonyl (C=O) groups is 4. The Balaban J connectivity index is 0.000000292. The Morgan fingerprint density at radius 1 is 0.547 bits per heavy atom. The van der Waals surface area contributed by atoms with E-state index in [1.54, 1.807) is 72.8 Å². The number of rotatable bonds is 12. The zero-order valence-corrected chi connectivity index (χ0v) is 28.0. The molecule has 272 valence electrons. The van der Waals surface area contributed by atoms with Gasteiger partial charge in [-0.1, -0.05) is 57.0 Å². The zero-order chi connectivity index (χ0) is 37.4. The fourth-order valence-corrected chi connectivity index (χ4v) is 5.38. The van der Waals surface area contributed by atoms with Gasteiger partial charge in [0.2, 0.25) is 0 Å². The van der Waals surface area contributed by atoms with Crippen LogP contribution >= 0.6 is 0 Å². The fourth-order valence-electron chi connectivity index (χ4n) is 5.38. The first-order valence-corrected chi connectivity index (χ1v) is 16.0. The van der Waals surface area contributed by atoms with Gasteiger partial charge in [0.25, 0.3) is 23.6 Å². The number of benzene rings is 4. The number of anilines is 4. The average Bonchev–Trinajstić information content (AvgIpc) is 3.64. The number of imide groups is 2. The minimum absolute atomic E-state index is 0. The molecule has 2 aliphatic heterocycles. The number of phenolic OH excluding ortho intramolecular Hbond substituents is 2. The number of amides is 4. The summed E-state index contributed by atoms with van der Waals surface area (Å²) < 4.78 is 11.5. The molecule has 0 radical (unpaired) electrons. The van der Waals surface area contributed by atoms with Crippen LogP contribution in [0.5, 0.6) is 23.0 Å². The van der Waals surface area contributed by atoms with Crippen LogP contribution in [0, 0.1) is 0 Å². The highest BCUT2D eigenvalue weighted by molar-refractivity contribution is 6.29. The molecule has 0 saturated carbocycles. The summed E-state index contributed by atoms with van der Waals surface area (Å²) in [7, 11) is 0. The molecule has 0 saturated heterocycles. The van der Waals surface area contributed by atoms with E-state index in [1.165, 1.54) is 24.3 Å². The Morgan fingerprint density at radius 2 is 0.868 bits per heavy atom. The lowest BCUT2D eigenvalue weighted by molar-refractivity contribution is -0.121. The molecule has 6 rings (SSSR count). The Kier molecular flexibility index (Phi) is 12.6. The molecule has 4 amide bonds. The molecule has 0 unspecified atom stereocenters. The smallest absolute Gasteiger partial charge is 0.258 e. The van der Waals surface area contributed by atoms with Crippen molar-refractivity contribution in [2.75, 3.05) is 34.5 Å². The summed E-state index contributed by atoms with van der Waals surface area (Å²) in [6.45, 7) is 7.68. The van der Waals surface area contributed by atoms with E-state index in [0.717, 1.165) is 32.1 Å². The second kappa shape index (κ2) is 17.2. The van der Waals surface area contributed by atoms with Crippen molar-refractivity contribution in [1.82, 2.24) is 0 Å². The monoisotopic (exact) mass is 716 g/mol. The topological polar surface area (TPSA) is 186 Å². The van der Waals surface area contributed by atoms with E-state index in [0.29, 0.717) is 47.1 Å². The first-order valence-electron chi connectivity index (χ1n) is 16.0. The maximum Gasteiger partial charge on any atom is 0.258 e. The molecule has 2 heterocycles. The van der Waals surface area contributed by atoms with Gasteiger partial charge in [-0.05, 0) is 83.6 Å². The number of hydrogen-bond acceptors (Lipinski definition) is 10. The number of nitrogen functional groups attached to an aromatic ring is 2. The van der Waals surface area contributed by atoms with Gasteiger partial charge in [0.05, 0.1) is 22.7 Å². The first kappa shape index (κ1) is 38.7. The molecule has 2 aliphatic rings. The SMILES string of the molecule is C.C=CCOc1cc(Cc2ccc(N3C(=O)C=CC3=O)c(OCC=C)c2)ccc1N1C(=O)C=CC1=O.Nc1ccc(Cc2ccc(N)c(O)c2)cc1O. The van der Waals surface area contributed by atoms with Crippen LogP contribution in [-0.2, 0) is 32.0 Å². The van der Waals surface area contributed by atoms with Gasteiger partial charge in [0.1, 0.15) is 36.2 Å². The number of phenols is 2. The van der Waals surface area contributed by atoms with Crippen LogP contribution in [0.25, 0.3) is 0 Å². The van der Waals surface area contributed by atoms with Crippen molar-refractivity contribution >= 4 is 46.4 Å². The van der Waals surface area contributed by atoms with E-state index >= 15 is 0 Å². The summed E-state index contributed by atoms with van der Waals surface area (Å²) >= 11 is 0. The highest BCUT2D eigenvalue weighted by Gasteiger charge is 2.29. The molecule has 4 aromatic rings. The van der Waals surface area contributed by atoms with Crippen molar-refractivity contribution in [3.8, 4) is 23.0 Å². The fraction of sp³-hybridized carbons (Fsp3) is 0.122. The molecule has 4 aromatic carbocycles. The van der Waals surface area contributed by atoms with Gasteiger partial charge in [0.15, 0.2) is 0 Å². The van der Waals surface area contributed by atoms with Crippen molar-refractivity contribution in [2.24, 2.45) is 0 Å². The normalized spacial score (nSPS) is 13.1. The lowest BCUT2D eigenvalue weighted by Crippen LogP contribution is -2.30. The number of ether oxygens (including phenoxy) is 2. The molecular weight excluding hydrogens is 676 g/mol. The summed E-state index contributed by atoms with van der Waals surface area (Å²) in [6, 6.07) is 20.6. The Morgan fingerprint density at radius 3 is 1.19 bits per heavy atom. The first-order chi connectivity index (χ1) is 25.0. The zero-order valence-electron chi connectivity index (χ0n) is 28.0. The predicted molar refractivity (Wildman–Crippen MR) is 205 cm³/mol. The molecule has 0 atom stereocenters. The molecule has 0 fully saturated rings. The summed E-state index contributed by atoms with van der Waals surface area (Å²) in [5.74, 6) is -0.877. The predicted octanol–water partition coefficient (Wildman–Crippen LogP) is 5.75. The van der Waals surface area contributed by atoms with Gasteiger partial charge in [-0.2, -0.15) is 0 Å². The standard InChI is InChI=1S/C27H22N2O6.C13H14N2O2.CH4/c1-3-13-34-22-16-18(5-7-20(22)28-24(30)9-10-25(28)31)15-19-6-8-21(23(17-19)35-14-4-2)29-26(32)11-12-27(29)33;14-10-3-1-8(6-12(10)16)5-9-2-4-11(15)13(17)7-9;/h3-12,16-17H,1-2,13-15H2;1-4,6-7,16-17H,5,14-15H2;1H4. The van der Waals surface area contributed by atoms with E-state index in [2.05, 4.69) is 13.2 Å². The van der Waals surface area contributed by atoms with Gasteiger partial charge >= 0.3 is 0 Å². The molecule has 53 heavy (non-hydrogen) atoms. The van der Waals surface area contributed by atoms with Gasteiger partial charge in [-0.3, -0.25) is 19.2 Å². The Labute approximate surface area is 307 Å². The van der Waals surface area contributed by atoms with Gasteiger partial charge in [0, 0.05) is 24.3 Å². The van der Waals surface area contributed by atoms with Crippen molar-refractivity contribution in [3.05, 3.63) is 145 Å². The third-order valence-corrected chi connectivity index (χ3v) is 7.87. The Hall–Kier alpha value is -7.08. The lowest BCUT2D eigenvalue weighted by atomic mass is 10.0. The highest BCUT2D eigenvalue weighted by atomic mass is 16.5. The van der Waals surface area contributed by atoms with Gasteiger partial charge in [-0.25, -0.2) is 9.80 Å². The van der Waals surface area contributed by atoms with Crippen molar-refractivity contribution in [3.63, 3.8) is 0 Å². The summed E-state index contributed by atoms with van der Waals surface area (Å²) in [4.78, 5) is 50.8. The van der Waals surface area contributed by atoms with Crippen LogP contribution in [0.3, 0.4) is 0 Å². The quantitative estimate of drug-likeness (QED) is 0.0609. The minimum atomic E-state index is -0.439. The van der Waals surface area contributed by atoms with Crippen molar-refractivity contribution in [1.29, 1.82) is 0 Å². The van der Waals surface area contributed by atoms with Crippen LogP contribution in [-0.4, -0.2) is 47.1 Å². The molecular formula is C41H40N4O8. The number of nitrogens with two attached hydrogens (primary N) is 2. The molecule has 12 heteroatoms. The van der Waals surface area contributed by atoms with E-state index < -0.39 is 23.6 Å². The molecule has 6 N–H and O–H groups in total. The molecule has 0 bridgehead atoms. The van der Waals surface area contributed by atoms with Crippen LogP contribution in [0.4, 0.5) is 22.7 Å². The maximum atomic E-state index is 12.2. The number of nitrogens with zero attached hydrogens (tertiary/aromatic N) is 2. The Bertz CT molecular complexity index is 1950. The number of carbonyl (C=O) groups excluding carboxylic acids is 4. The van der Waals surface area contributed by atoms with Crippen molar-refractivity contribution in [2.45, 2.75) is 20.3 Å². The summed E-state index contributed by atoms with van der Waals surface area (Å²) in [6.07, 6.45) is 9.05. The maximum absolute atomic E-state index is 12.2. The summed E-state index contributed by atoms with van der Waals surface area (Å²) in [5.41, 5.74) is 16.0. The van der Waals surface area contributed by atoms with Crippen LogP contribution in [0.15, 0.2) is 122 Å². The van der Waals surface area contributed by atoms with E-state index in [-0.39, 0.29) is 32.1 Å². The number of hydrogen-bond donors (Lipinski definition) is 4. The average molecular weight is 717 g/mol. The van der Waals surface area contributed by atoms with E-state index in [4.69, 9.17) is 20.9 Å². The van der Waals surface area contributed by atoms with E-state index in [1.807, 2.05) is 12.1 Å². The summed E-state index contributed by atoms with van der Waals surface area (Å²) in [5, 5.41) is 19.0.